The summed E-state index contributed by atoms with van der Waals surface area (Å²) in [5, 5.41) is 10.5. The van der Waals surface area contributed by atoms with Crippen molar-refractivity contribution in [1.82, 2.24) is 0 Å². The molecule has 0 saturated heterocycles. The molecule has 3 rings (SSSR count). The minimum absolute atomic E-state index is 0.000440. The fourth-order valence-electron chi connectivity index (χ4n) is 3.40. The van der Waals surface area contributed by atoms with Gasteiger partial charge in [0.2, 0.25) is 11.9 Å². The molecule has 0 aromatic heterocycles. The van der Waals surface area contributed by atoms with E-state index in [1.807, 2.05) is 0 Å². The van der Waals surface area contributed by atoms with E-state index in [0.717, 1.165) is 25.3 Å². The first-order valence-electron chi connectivity index (χ1n) is 7.64. The summed E-state index contributed by atoms with van der Waals surface area (Å²) in [7, 11) is -4.69. The molecule has 1 fully saturated rings. The Kier molecular flexibility index (Phi) is 4.30. The Morgan fingerprint density at radius 3 is 2.44 bits per heavy atom. The van der Waals surface area contributed by atoms with Crippen LogP contribution in [0, 0.1) is 0 Å². The van der Waals surface area contributed by atoms with Crippen molar-refractivity contribution in [2.75, 3.05) is 4.90 Å². The molecular formula is C14H18ClN5O4S. The van der Waals surface area contributed by atoms with Gasteiger partial charge in [-0.2, -0.15) is 13.4 Å². The van der Waals surface area contributed by atoms with Crippen LogP contribution in [0.5, 0.6) is 5.75 Å². The number of aromatic hydroxyl groups is 1. The third-order valence-electron chi connectivity index (χ3n) is 4.39. The van der Waals surface area contributed by atoms with Crippen molar-refractivity contribution in [3.63, 3.8) is 0 Å². The average Bonchev–Trinajstić information content (AvgIpc) is 2.49. The molecule has 1 heterocycles. The van der Waals surface area contributed by atoms with Crippen LogP contribution in [0.1, 0.15) is 32.1 Å². The normalized spacial score (nSPS) is 20.3. The second-order valence-electron chi connectivity index (χ2n) is 6.07. The minimum Gasteiger partial charge on any atom is -0.504 e. The number of phenolic OH excluding ortho intramolecular Hbond substituents is 1. The summed E-state index contributed by atoms with van der Waals surface area (Å²) < 4.78 is 32.5. The van der Waals surface area contributed by atoms with E-state index in [9.17, 15) is 18.1 Å². The number of nitrogens with zero attached hydrogens (tertiary/aromatic N) is 3. The Bertz CT molecular complexity index is 877. The van der Waals surface area contributed by atoms with Crippen molar-refractivity contribution in [3.05, 3.63) is 17.2 Å². The van der Waals surface area contributed by atoms with Gasteiger partial charge in [-0.25, -0.2) is 4.99 Å². The Morgan fingerprint density at radius 1 is 1.20 bits per heavy atom. The van der Waals surface area contributed by atoms with E-state index in [-0.39, 0.29) is 22.6 Å². The zero-order valence-corrected chi connectivity index (χ0v) is 14.8. The molecule has 25 heavy (non-hydrogen) atoms. The number of phenols is 1. The Balaban J connectivity index is 2.23. The summed E-state index contributed by atoms with van der Waals surface area (Å²) in [6, 6.07) is 2.31. The Hall–Kier alpha value is -2.04. The molecule has 0 amide bonds. The predicted octanol–water partition coefficient (Wildman–Crippen LogP) is 1.40. The lowest BCUT2D eigenvalue weighted by molar-refractivity contribution is 0.303. The predicted molar refractivity (Wildman–Crippen MR) is 94.5 cm³/mol. The summed E-state index contributed by atoms with van der Waals surface area (Å²) in [6.45, 7) is 0. The molecule has 2 aliphatic rings. The van der Waals surface area contributed by atoms with Crippen molar-refractivity contribution in [1.29, 1.82) is 0 Å². The van der Waals surface area contributed by atoms with Crippen LogP contribution >= 0.6 is 11.6 Å². The molecule has 1 aromatic rings. The van der Waals surface area contributed by atoms with Gasteiger partial charge in [0.15, 0.2) is 5.75 Å². The number of anilines is 1. The quantitative estimate of drug-likeness (QED) is 0.559. The molecule has 1 spiro atoms. The third kappa shape index (κ3) is 3.12. The molecule has 136 valence electrons. The molecule has 1 aromatic carbocycles. The maximum absolute atomic E-state index is 11.6. The van der Waals surface area contributed by atoms with E-state index < -0.39 is 26.4 Å². The van der Waals surface area contributed by atoms with E-state index in [1.165, 1.54) is 11.0 Å². The topological polar surface area (TPSA) is 155 Å². The molecule has 1 aliphatic carbocycles. The molecule has 0 radical (unpaired) electrons. The summed E-state index contributed by atoms with van der Waals surface area (Å²) >= 11 is 6.00. The maximum atomic E-state index is 11.6. The van der Waals surface area contributed by atoms with Crippen molar-refractivity contribution < 1.29 is 18.1 Å². The van der Waals surface area contributed by atoms with Crippen LogP contribution < -0.4 is 16.4 Å². The van der Waals surface area contributed by atoms with Crippen LogP contribution in [-0.4, -0.2) is 35.7 Å². The summed E-state index contributed by atoms with van der Waals surface area (Å²) in [5.41, 5.74) is 10.9. The van der Waals surface area contributed by atoms with Crippen molar-refractivity contribution in [2.45, 2.75) is 42.7 Å². The third-order valence-corrected chi connectivity index (χ3v) is 5.48. The van der Waals surface area contributed by atoms with E-state index in [4.69, 9.17) is 23.1 Å². The number of aliphatic imine (C=N–C) groups is 2. The van der Waals surface area contributed by atoms with Crippen LogP contribution in [-0.2, 0) is 10.1 Å². The minimum atomic E-state index is -4.69. The Morgan fingerprint density at radius 2 is 1.84 bits per heavy atom. The number of guanidine groups is 2. The van der Waals surface area contributed by atoms with Gasteiger partial charge >= 0.3 is 0 Å². The number of halogens is 1. The van der Waals surface area contributed by atoms with Gasteiger partial charge in [0.1, 0.15) is 10.6 Å². The standard InChI is InChI=1S/C14H18ClN5O4S/c15-8-6-9(11(21)10(7-8)25(22,23)24)20-13(17)18-12(16)19-14(20)4-2-1-3-5-14/h6-7,21H,1-5H2,(H,22,23,24)(H4,16,17,18,19). The molecule has 11 heteroatoms. The van der Waals surface area contributed by atoms with E-state index in [0.29, 0.717) is 12.8 Å². The average molecular weight is 388 g/mol. The highest BCUT2D eigenvalue weighted by Crippen LogP contribution is 2.45. The molecule has 0 bridgehead atoms. The van der Waals surface area contributed by atoms with Gasteiger partial charge in [0.05, 0.1) is 5.69 Å². The first kappa shape index (κ1) is 17.8. The van der Waals surface area contributed by atoms with E-state index in [2.05, 4.69) is 9.98 Å². The largest absolute Gasteiger partial charge is 0.504 e. The summed E-state index contributed by atoms with van der Waals surface area (Å²) in [4.78, 5) is 9.10. The van der Waals surface area contributed by atoms with Crippen molar-refractivity contribution in [2.24, 2.45) is 21.5 Å². The van der Waals surface area contributed by atoms with Gasteiger partial charge in [0, 0.05) is 5.02 Å². The van der Waals surface area contributed by atoms with Crippen molar-refractivity contribution >= 4 is 39.3 Å². The lowest BCUT2D eigenvalue weighted by atomic mass is 9.87. The first-order chi connectivity index (χ1) is 11.6. The summed E-state index contributed by atoms with van der Waals surface area (Å²) in [5.74, 6) is -0.689. The monoisotopic (exact) mass is 387 g/mol. The van der Waals surface area contributed by atoms with E-state index >= 15 is 0 Å². The van der Waals surface area contributed by atoms with Crippen LogP contribution in [0.4, 0.5) is 5.69 Å². The molecule has 9 nitrogen and oxygen atoms in total. The van der Waals surface area contributed by atoms with Crippen LogP contribution in [0.25, 0.3) is 0 Å². The second kappa shape index (κ2) is 6.04. The van der Waals surface area contributed by atoms with Crippen LogP contribution in [0.2, 0.25) is 5.02 Å². The number of benzene rings is 1. The summed E-state index contributed by atoms with van der Waals surface area (Å²) in [6.07, 6.45) is 3.91. The molecule has 1 aliphatic heterocycles. The molecular weight excluding hydrogens is 370 g/mol. The van der Waals surface area contributed by atoms with Crippen molar-refractivity contribution in [3.8, 4) is 5.75 Å². The van der Waals surface area contributed by atoms with Crippen LogP contribution in [0.3, 0.4) is 0 Å². The fraction of sp³-hybridized carbons (Fsp3) is 0.429. The number of rotatable bonds is 2. The van der Waals surface area contributed by atoms with E-state index in [1.54, 1.807) is 0 Å². The molecule has 0 unspecified atom stereocenters. The Labute approximate surface area is 149 Å². The zero-order valence-electron chi connectivity index (χ0n) is 13.2. The van der Waals surface area contributed by atoms with Gasteiger partial charge < -0.3 is 16.6 Å². The molecule has 0 atom stereocenters. The number of hydrogen-bond donors (Lipinski definition) is 4. The highest BCUT2D eigenvalue weighted by Gasteiger charge is 2.44. The molecule has 1 saturated carbocycles. The smallest absolute Gasteiger partial charge is 0.298 e. The maximum Gasteiger partial charge on any atom is 0.298 e. The fourth-order valence-corrected chi connectivity index (χ4v) is 4.30. The lowest BCUT2D eigenvalue weighted by Gasteiger charge is -2.45. The SMILES string of the molecule is NC1=NC2(CCCCC2)N(c2cc(Cl)cc(S(=O)(=O)O)c2O)C(N)=N1. The van der Waals surface area contributed by atoms with Crippen LogP contribution in [0.15, 0.2) is 27.0 Å². The van der Waals surface area contributed by atoms with Gasteiger partial charge in [-0.15, -0.1) is 0 Å². The van der Waals surface area contributed by atoms with Gasteiger partial charge in [-0.1, -0.05) is 18.0 Å². The van der Waals surface area contributed by atoms with Gasteiger partial charge in [0.25, 0.3) is 10.1 Å². The number of nitrogens with two attached hydrogens (primary N) is 2. The lowest BCUT2D eigenvalue weighted by Crippen LogP contribution is -2.58. The highest BCUT2D eigenvalue weighted by atomic mass is 35.5. The van der Waals surface area contributed by atoms with Gasteiger partial charge in [-0.3, -0.25) is 9.45 Å². The molecule has 6 N–H and O–H groups in total. The highest BCUT2D eigenvalue weighted by molar-refractivity contribution is 7.86. The number of hydrogen-bond acceptors (Lipinski definition) is 8. The second-order valence-corrected chi connectivity index (χ2v) is 7.89. The first-order valence-corrected chi connectivity index (χ1v) is 9.46. The zero-order chi connectivity index (χ0) is 18.4. The van der Waals surface area contributed by atoms with Gasteiger partial charge in [-0.05, 0) is 37.8 Å².